The van der Waals surface area contributed by atoms with Gasteiger partial charge in [-0.15, -0.1) is 0 Å². The maximum atomic E-state index is 2.50. The Hall–Kier alpha value is -9.96. The monoisotopic (exact) mass is 969 g/mol. The summed E-state index contributed by atoms with van der Waals surface area (Å²) in [7, 11) is 0. The Bertz CT molecular complexity index is 4170. The number of hydrogen-bond acceptors (Lipinski definition) is 2. The third kappa shape index (κ3) is 7.51. The first kappa shape index (κ1) is 44.7. The number of nitrogens with zero attached hydrogens (tertiary/aromatic N) is 3. The van der Waals surface area contributed by atoms with Gasteiger partial charge in [-0.1, -0.05) is 224 Å². The standard InChI is InChI=1S/C73H51N3/c1-5-19-52(20-6-1)54-35-43-61(44-36-54)74(60-26-11-4-12-27-60)62-45-39-56(40-46-62)57-41-49-64(50-42-57)75(63-47-37-55(38-48-63)53-21-7-2-8-22-53)65-28-17-25-59(51-65)73(58-23-9-3-10-24-58)68-31-14-16-34-71(68)76-70-33-15-13-29-66(70)67-30-18-32-69(73)72(67)76/h1-51H. The highest BCUT2D eigenvalue weighted by atomic mass is 15.1. The van der Waals surface area contributed by atoms with E-state index >= 15 is 0 Å². The number of rotatable bonds is 11. The van der Waals surface area contributed by atoms with Crippen molar-refractivity contribution in [2.75, 3.05) is 9.80 Å². The molecule has 2 heterocycles. The summed E-state index contributed by atoms with van der Waals surface area (Å²) >= 11 is 0. The van der Waals surface area contributed by atoms with E-state index in [1.165, 1.54) is 72.0 Å². The summed E-state index contributed by atoms with van der Waals surface area (Å²) in [6.45, 7) is 0. The van der Waals surface area contributed by atoms with Gasteiger partial charge in [0.1, 0.15) is 0 Å². The molecule has 14 rings (SSSR count). The predicted molar refractivity (Wildman–Crippen MR) is 318 cm³/mol. The number of fused-ring (bicyclic) bond motifs is 5. The lowest BCUT2D eigenvalue weighted by Gasteiger charge is -2.42. The van der Waals surface area contributed by atoms with Gasteiger partial charge in [0, 0.05) is 44.9 Å². The minimum absolute atomic E-state index is 0.641. The van der Waals surface area contributed by atoms with Gasteiger partial charge in [0.05, 0.1) is 22.1 Å². The molecule has 0 spiro atoms. The van der Waals surface area contributed by atoms with Gasteiger partial charge in [0.2, 0.25) is 0 Å². The fourth-order valence-electron chi connectivity index (χ4n) is 12.0. The summed E-state index contributed by atoms with van der Waals surface area (Å²) in [6.07, 6.45) is 0. The average Bonchev–Trinajstić information content (AvgIpc) is 3.98. The highest BCUT2D eigenvalue weighted by Gasteiger charge is 2.45. The minimum Gasteiger partial charge on any atom is -0.311 e. The SMILES string of the molecule is c1ccc(-c2ccc(N(c3ccccc3)c3ccc(-c4ccc(N(c5ccc(-c6ccccc6)cc5)c5cccc(C6(c7ccccc7)c7ccccc7-n7c8ccccc8c8cccc6c87)c5)cc4)cc3)cc2)cc1. The fraction of sp³-hybridized carbons (Fsp3) is 0.0137. The quantitative estimate of drug-likeness (QED) is 0.128. The summed E-state index contributed by atoms with van der Waals surface area (Å²) in [6, 6.07) is 113. The van der Waals surface area contributed by atoms with E-state index in [0.29, 0.717) is 0 Å². The summed E-state index contributed by atoms with van der Waals surface area (Å²) in [5.74, 6) is 0. The molecule has 12 aromatic carbocycles. The van der Waals surface area contributed by atoms with E-state index < -0.39 is 5.41 Å². The van der Waals surface area contributed by atoms with Gasteiger partial charge in [0.25, 0.3) is 0 Å². The molecule has 1 aromatic heterocycles. The molecule has 3 nitrogen and oxygen atoms in total. The zero-order valence-electron chi connectivity index (χ0n) is 41.8. The first-order valence-electron chi connectivity index (χ1n) is 26.2. The molecule has 3 heteroatoms. The van der Waals surface area contributed by atoms with Crippen molar-refractivity contribution < 1.29 is 0 Å². The smallest absolute Gasteiger partial charge is 0.0743 e. The van der Waals surface area contributed by atoms with Gasteiger partial charge in [-0.3, -0.25) is 0 Å². The fourth-order valence-corrected chi connectivity index (χ4v) is 12.0. The highest BCUT2D eigenvalue weighted by Crippen LogP contribution is 2.55. The van der Waals surface area contributed by atoms with Crippen LogP contribution in [0.2, 0.25) is 0 Å². The third-order valence-electron chi connectivity index (χ3n) is 15.5. The van der Waals surface area contributed by atoms with Gasteiger partial charge in [0.15, 0.2) is 0 Å². The van der Waals surface area contributed by atoms with Crippen molar-refractivity contribution in [2.45, 2.75) is 5.41 Å². The van der Waals surface area contributed by atoms with Crippen LogP contribution in [0.5, 0.6) is 0 Å². The Labute approximate surface area is 444 Å². The van der Waals surface area contributed by atoms with Crippen LogP contribution in [-0.4, -0.2) is 4.57 Å². The molecule has 0 saturated carbocycles. The van der Waals surface area contributed by atoms with Crippen molar-refractivity contribution in [3.05, 3.63) is 332 Å². The molecule has 0 bridgehead atoms. The highest BCUT2D eigenvalue weighted by molar-refractivity contribution is 6.12. The van der Waals surface area contributed by atoms with E-state index in [0.717, 1.165) is 45.3 Å². The van der Waals surface area contributed by atoms with Crippen molar-refractivity contribution in [3.63, 3.8) is 0 Å². The number of anilines is 6. The summed E-state index contributed by atoms with van der Waals surface area (Å²) in [5.41, 5.74) is 21.6. The molecular formula is C73H51N3. The van der Waals surface area contributed by atoms with Crippen LogP contribution in [0.25, 0.3) is 60.9 Å². The van der Waals surface area contributed by atoms with Crippen LogP contribution in [0.3, 0.4) is 0 Å². The number of benzene rings is 12. The Morgan fingerprint density at radius 2 is 0.618 bits per heavy atom. The summed E-state index contributed by atoms with van der Waals surface area (Å²) < 4.78 is 2.50. The van der Waals surface area contributed by atoms with E-state index in [9.17, 15) is 0 Å². The molecule has 13 aromatic rings. The van der Waals surface area contributed by atoms with Crippen molar-refractivity contribution in [2.24, 2.45) is 0 Å². The molecular weight excluding hydrogens is 919 g/mol. The lowest BCUT2D eigenvalue weighted by molar-refractivity contribution is 0.728. The second-order valence-corrected chi connectivity index (χ2v) is 19.7. The Kier molecular flexibility index (Phi) is 11.1. The lowest BCUT2D eigenvalue weighted by atomic mass is 9.63. The number of aromatic nitrogens is 1. The van der Waals surface area contributed by atoms with Crippen LogP contribution in [0.15, 0.2) is 309 Å². The molecule has 0 fully saturated rings. The van der Waals surface area contributed by atoms with Gasteiger partial charge in [-0.25, -0.2) is 0 Å². The van der Waals surface area contributed by atoms with E-state index in [4.69, 9.17) is 0 Å². The molecule has 0 aliphatic carbocycles. The average molecular weight is 970 g/mol. The molecule has 1 unspecified atom stereocenters. The second kappa shape index (κ2) is 18.8. The van der Waals surface area contributed by atoms with Gasteiger partial charge in [-0.05, 0) is 141 Å². The van der Waals surface area contributed by atoms with Crippen molar-refractivity contribution in [1.82, 2.24) is 4.57 Å². The van der Waals surface area contributed by atoms with Gasteiger partial charge >= 0.3 is 0 Å². The predicted octanol–water partition coefficient (Wildman–Crippen LogP) is 19.4. The molecule has 1 atom stereocenters. The lowest BCUT2D eigenvalue weighted by Crippen LogP contribution is -2.35. The van der Waals surface area contributed by atoms with Crippen LogP contribution in [-0.2, 0) is 5.41 Å². The molecule has 0 N–H and O–H groups in total. The van der Waals surface area contributed by atoms with Crippen molar-refractivity contribution in [1.29, 1.82) is 0 Å². The maximum Gasteiger partial charge on any atom is 0.0743 e. The van der Waals surface area contributed by atoms with Crippen molar-refractivity contribution in [3.8, 4) is 39.1 Å². The van der Waals surface area contributed by atoms with Crippen LogP contribution in [0.1, 0.15) is 22.3 Å². The minimum atomic E-state index is -0.641. The van der Waals surface area contributed by atoms with Crippen LogP contribution >= 0.6 is 0 Å². The normalized spacial score (nSPS) is 13.6. The zero-order valence-corrected chi connectivity index (χ0v) is 41.8. The zero-order chi connectivity index (χ0) is 50.4. The van der Waals surface area contributed by atoms with Crippen LogP contribution in [0.4, 0.5) is 34.1 Å². The largest absolute Gasteiger partial charge is 0.311 e. The topological polar surface area (TPSA) is 11.4 Å². The molecule has 358 valence electrons. The second-order valence-electron chi connectivity index (χ2n) is 19.7. The number of hydrogen-bond donors (Lipinski definition) is 0. The maximum absolute atomic E-state index is 2.50. The molecule has 1 aliphatic heterocycles. The van der Waals surface area contributed by atoms with E-state index in [2.05, 4.69) is 324 Å². The molecule has 76 heavy (non-hydrogen) atoms. The van der Waals surface area contributed by atoms with Crippen LogP contribution in [0, 0.1) is 0 Å². The van der Waals surface area contributed by atoms with Gasteiger partial charge in [-0.2, -0.15) is 0 Å². The summed E-state index contributed by atoms with van der Waals surface area (Å²) in [4.78, 5) is 4.74. The van der Waals surface area contributed by atoms with E-state index in [1.54, 1.807) is 0 Å². The molecule has 1 aliphatic rings. The molecule has 0 amide bonds. The van der Waals surface area contributed by atoms with E-state index in [-0.39, 0.29) is 0 Å². The van der Waals surface area contributed by atoms with Crippen molar-refractivity contribution >= 4 is 55.9 Å². The molecule has 0 saturated heterocycles. The Morgan fingerprint density at radius 3 is 1.17 bits per heavy atom. The van der Waals surface area contributed by atoms with E-state index in [1.807, 2.05) is 0 Å². The first-order valence-corrected chi connectivity index (χ1v) is 26.2. The Balaban J connectivity index is 0.879. The van der Waals surface area contributed by atoms with Crippen LogP contribution < -0.4 is 9.80 Å². The summed E-state index contributed by atoms with van der Waals surface area (Å²) in [5, 5.41) is 2.52. The Morgan fingerprint density at radius 1 is 0.250 bits per heavy atom. The third-order valence-corrected chi connectivity index (χ3v) is 15.5. The number of para-hydroxylation sites is 4. The molecule has 0 radical (unpaired) electrons. The van der Waals surface area contributed by atoms with Gasteiger partial charge < -0.3 is 14.4 Å². The first-order chi connectivity index (χ1) is 37.7.